The molecule has 0 N–H and O–H groups in total. The fourth-order valence-corrected chi connectivity index (χ4v) is 4.51. The highest BCUT2D eigenvalue weighted by Crippen LogP contribution is 2.32. The van der Waals surface area contributed by atoms with Crippen LogP contribution < -0.4 is 9.80 Å². The predicted molar refractivity (Wildman–Crippen MR) is 128 cm³/mol. The van der Waals surface area contributed by atoms with Gasteiger partial charge in [0, 0.05) is 50.6 Å². The minimum absolute atomic E-state index is 0.228. The molecule has 1 aliphatic rings. The van der Waals surface area contributed by atoms with Crippen molar-refractivity contribution in [1.82, 2.24) is 20.1 Å². The first kappa shape index (κ1) is 22.2. The number of aromatic nitrogens is 4. The first-order valence-corrected chi connectivity index (χ1v) is 11.7. The molecule has 170 valence electrons. The van der Waals surface area contributed by atoms with Gasteiger partial charge in [0.1, 0.15) is 11.6 Å². The van der Waals surface area contributed by atoms with E-state index in [1.54, 1.807) is 0 Å². The van der Waals surface area contributed by atoms with E-state index in [1.807, 2.05) is 25.4 Å². The molecule has 0 radical (unpaired) electrons. The molecule has 32 heavy (non-hydrogen) atoms. The Kier molecular flexibility index (Phi) is 6.72. The lowest BCUT2D eigenvalue weighted by Crippen LogP contribution is -2.38. The van der Waals surface area contributed by atoms with Crippen LogP contribution in [0.5, 0.6) is 0 Å². The first-order valence-electron chi connectivity index (χ1n) is 11.7. The SMILES string of the molecule is CCc1cnc(-c2c(C)noc2C(C)C)nc1N(C)CC1CCN(c2ccccn2)CC1. The average molecular weight is 435 g/mol. The monoisotopic (exact) mass is 434 g/mol. The second-order valence-electron chi connectivity index (χ2n) is 9.06. The third-order valence-corrected chi connectivity index (χ3v) is 6.34. The maximum Gasteiger partial charge on any atom is 0.167 e. The van der Waals surface area contributed by atoms with Crippen LogP contribution in [0.15, 0.2) is 35.1 Å². The number of anilines is 2. The second-order valence-corrected chi connectivity index (χ2v) is 9.06. The van der Waals surface area contributed by atoms with Gasteiger partial charge >= 0.3 is 0 Å². The Morgan fingerprint density at radius 2 is 1.97 bits per heavy atom. The van der Waals surface area contributed by atoms with Crippen LogP contribution >= 0.6 is 0 Å². The Morgan fingerprint density at radius 1 is 1.19 bits per heavy atom. The van der Waals surface area contributed by atoms with Crippen molar-refractivity contribution in [3.05, 3.63) is 47.6 Å². The molecule has 1 saturated heterocycles. The highest BCUT2D eigenvalue weighted by Gasteiger charge is 2.24. The van der Waals surface area contributed by atoms with Crippen molar-refractivity contribution in [2.45, 2.75) is 52.9 Å². The van der Waals surface area contributed by atoms with Crippen LogP contribution in [0.1, 0.15) is 56.5 Å². The maximum absolute atomic E-state index is 5.58. The van der Waals surface area contributed by atoms with Crippen molar-refractivity contribution < 1.29 is 4.52 Å². The number of pyridine rings is 1. The average Bonchev–Trinajstić information content (AvgIpc) is 3.21. The highest BCUT2D eigenvalue weighted by molar-refractivity contribution is 5.63. The van der Waals surface area contributed by atoms with Crippen molar-refractivity contribution in [3.63, 3.8) is 0 Å². The predicted octanol–water partition coefficient (Wildman–Crippen LogP) is 4.87. The summed E-state index contributed by atoms with van der Waals surface area (Å²) in [5.74, 6) is 4.51. The van der Waals surface area contributed by atoms with E-state index in [2.05, 4.69) is 64.9 Å². The lowest BCUT2D eigenvalue weighted by atomic mass is 9.96. The summed E-state index contributed by atoms with van der Waals surface area (Å²) < 4.78 is 5.58. The van der Waals surface area contributed by atoms with Gasteiger partial charge in [-0.15, -0.1) is 0 Å². The number of aryl methyl sites for hydroxylation is 2. The van der Waals surface area contributed by atoms with Crippen molar-refractivity contribution >= 4 is 11.6 Å². The molecule has 0 amide bonds. The normalized spacial score (nSPS) is 14.9. The van der Waals surface area contributed by atoms with E-state index >= 15 is 0 Å². The van der Waals surface area contributed by atoms with Gasteiger partial charge in [0.2, 0.25) is 0 Å². The molecule has 3 aromatic heterocycles. The Morgan fingerprint density at radius 3 is 2.62 bits per heavy atom. The topological polar surface area (TPSA) is 71.2 Å². The van der Waals surface area contributed by atoms with Crippen molar-refractivity contribution in [1.29, 1.82) is 0 Å². The van der Waals surface area contributed by atoms with E-state index in [-0.39, 0.29) is 5.92 Å². The zero-order chi connectivity index (χ0) is 22.7. The Labute approximate surface area is 190 Å². The summed E-state index contributed by atoms with van der Waals surface area (Å²) in [6.45, 7) is 11.4. The molecule has 0 atom stereocenters. The zero-order valence-corrected chi connectivity index (χ0v) is 19.9. The third kappa shape index (κ3) is 4.61. The Hall–Kier alpha value is -2.96. The van der Waals surface area contributed by atoms with Gasteiger partial charge in [0.25, 0.3) is 0 Å². The number of piperidine rings is 1. The van der Waals surface area contributed by atoms with Gasteiger partial charge < -0.3 is 14.3 Å². The van der Waals surface area contributed by atoms with E-state index < -0.39 is 0 Å². The van der Waals surface area contributed by atoms with E-state index in [0.717, 1.165) is 67.6 Å². The summed E-state index contributed by atoms with van der Waals surface area (Å²) in [6, 6.07) is 6.13. The fourth-order valence-electron chi connectivity index (χ4n) is 4.51. The molecular weight excluding hydrogens is 400 g/mol. The van der Waals surface area contributed by atoms with Gasteiger partial charge in [0.05, 0.1) is 11.3 Å². The molecule has 0 bridgehead atoms. The molecule has 0 spiro atoms. The van der Waals surface area contributed by atoms with Gasteiger partial charge in [-0.05, 0) is 44.2 Å². The number of rotatable bonds is 7. The maximum atomic E-state index is 5.58. The summed E-state index contributed by atoms with van der Waals surface area (Å²) in [6.07, 6.45) is 7.05. The molecule has 0 saturated carbocycles. The molecule has 4 rings (SSSR count). The third-order valence-electron chi connectivity index (χ3n) is 6.34. The minimum atomic E-state index is 0.228. The van der Waals surface area contributed by atoms with Crippen molar-refractivity contribution in [3.8, 4) is 11.4 Å². The summed E-state index contributed by atoms with van der Waals surface area (Å²) in [7, 11) is 2.15. The first-order chi connectivity index (χ1) is 15.5. The zero-order valence-electron chi connectivity index (χ0n) is 19.9. The smallest absolute Gasteiger partial charge is 0.167 e. The van der Waals surface area contributed by atoms with Crippen LogP contribution in [0.2, 0.25) is 0 Å². The van der Waals surface area contributed by atoms with Crippen LogP contribution in [-0.4, -0.2) is 46.8 Å². The van der Waals surface area contributed by atoms with Crippen LogP contribution in [0, 0.1) is 12.8 Å². The van der Waals surface area contributed by atoms with E-state index in [0.29, 0.717) is 11.7 Å². The molecule has 0 aromatic carbocycles. The van der Waals surface area contributed by atoms with Crippen molar-refractivity contribution in [2.24, 2.45) is 5.92 Å². The van der Waals surface area contributed by atoms with Gasteiger partial charge in [-0.25, -0.2) is 15.0 Å². The quantitative estimate of drug-likeness (QED) is 0.525. The minimum Gasteiger partial charge on any atom is -0.360 e. The summed E-state index contributed by atoms with van der Waals surface area (Å²) in [5, 5.41) is 4.18. The molecule has 7 heteroatoms. The number of nitrogens with zero attached hydrogens (tertiary/aromatic N) is 6. The van der Waals surface area contributed by atoms with Crippen LogP contribution in [0.3, 0.4) is 0 Å². The molecule has 0 aliphatic carbocycles. The molecule has 7 nitrogen and oxygen atoms in total. The largest absolute Gasteiger partial charge is 0.360 e. The lowest BCUT2D eigenvalue weighted by molar-refractivity contribution is 0.368. The molecule has 3 aromatic rings. The van der Waals surface area contributed by atoms with Crippen LogP contribution in [0.25, 0.3) is 11.4 Å². The van der Waals surface area contributed by atoms with Crippen LogP contribution in [-0.2, 0) is 6.42 Å². The molecule has 0 unspecified atom stereocenters. The molecule has 4 heterocycles. The molecule has 1 aliphatic heterocycles. The fraction of sp³-hybridized carbons (Fsp3) is 0.520. The Balaban J connectivity index is 1.50. The summed E-state index contributed by atoms with van der Waals surface area (Å²) >= 11 is 0. The second kappa shape index (κ2) is 9.67. The van der Waals surface area contributed by atoms with Gasteiger partial charge in [-0.2, -0.15) is 0 Å². The standard InChI is InChI=1S/C25H34N6O/c1-6-20-15-27-24(22-18(4)29-32-23(22)17(2)3)28-25(20)30(5)16-19-10-13-31(14-11-19)21-9-7-8-12-26-21/h7-9,12,15,17,19H,6,10-11,13-14,16H2,1-5H3. The molecular formula is C25H34N6O. The summed E-state index contributed by atoms with van der Waals surface area (Å²) in [4.78, 5) is 18.9. The van der Waals surface area contributed by atoms with Gasteiger partial charge in [-0.3, -0.25) is 0 Å². The van der Waals surface area contributed by atoms with Crippen molar-refractivity contribution in [2.75, 3.05) is 36.5 Å². The number of hydrogen-bond acceptors (Lipinski definition) is 7. The Bertz CT molecular complexity index is 1020. The highest BCUT2D eigenvalue weighted by atomic mass is 16.5. The lowest BCUT2D eigenvalue weighted by Gasteiger charge is -2.35. The van der Waals surface area contributed by atoms with E-state index in [4.69, 9.17) is 9.51 Å². The summed E-state index contributed by atoms with van der Waals surface area (Å²) in [5.41, 5.74) is 2.94. The van der Waals surface area contributed by atoms with Gasteiger partial charge in [-0.1, -0.05) is 32.0 Å². The van der Waals surface area contributed by atoms with Gasteiger partial charge in [0.15, 0.2) is 11.6 Å². The molecule has 1 fully saturated rings. The number of hydrogen-bond donors (Lipinski definition) is 0. The van der Waals surface area contributed by atoms with E-state index in [1.165, 1.54) is 5.56 Å². The van der Waals surface area contributed by atoms with Crippen LogP contribution in [0.4, 0.5) is 11.6 Å². The van der Waals surface area contributed by atoms with E-state index in [9.17, 15) is 0 Å².